The molecule has 1 unspecified atom stereocenters. The SMILES string of the molecule is CCOC(C)c1c(O)c(=O)cc(C)n1C. The van der Waals surface area contributed by atoms with E-state index in [-0.39, 0.29) is 17.3 Å². The zero-order chi connectivity index (χ0) is 11.6. The van der Waals surface area contributed by atoms with E-state index in [0.717, 1.165) is 5.69 Å². The van der Waals surface area contributed by atoms with Gasteiger partial charge in [0.2, 0.25) is 5.43 Å². The molecule has 0 aliphatic carbocycles. The zero-order valence-electron chi connectivity index (χ0n) is 9.57. The summed E-state index contributed by atoms with van der Waals surface area (Å²) in [5, 5.41) is 9.69. The summed E-state index contributed by atoms with van der Waals surface area (Å²) in [5.74, 6) is -0.218. The minimum atomic E-state index is -0.354. The molecule has 0 fully saturated rings. The Labute approximate surface area is 89.1 Å². The highest BCUT2D eigenvalue weighted by Crippen LogP contribution is 2.23. The van der Waals surface area contributed by atoms with Crippen LogP contribution in [0.4, 0.5) is 0 Å². The molecule has 1 heterocycles. The number of aromatic hydroxyl groups is 1. The third kappa shape index (κ3) is 2.21. The van der Waals surface area contributed by atoms with Gasteiger partial charge in [-0.1, -0.05) is 0 Å². The average Bonchev–Trinajstić information content (AvgIpc) is 2.16. The van der Waals surface area contributed by atoms with Crippen molar-refractivity contribution in [2.75, 3.05) is 6.61 Å². The fraction of sp³-hybridized carbons (Fsp3) is 0.545. The Bertz CT molecular complexity index is 409. The van der Waals surface area contributed by atoms with Crippen molar-refractivity contribution in [2.24, 2.45) is 7.05 Å². The fourth-order valence-corrected chi connectivity index (χ4v) is 1.62. The quantitative estimate of drug-likeness (QED) is 0.824. The predicted molar refractivity (Wildman–Crippen MR) is 58.1 cm³/mol. The van der Waals surface area contributed by atoms with Crippen LogP contribution in [0, 0.1) is 6.92 Å². The van der Waals surface area contributed by atoms with Crippen LogP contribution in [0.2, 0.25) is 0 Å². The topological polar surface area (TPSA) is 51.5 Å². The maximum absolute atomic E-state index is 11.4. The van der Waals surface area contributed by atoms with Gasteiger partial charge in [-0.25, -0.2) is 0 Å². The molecule has 0 radical (unpaired) electrons. The van der Waals surface area contributed by atoms with Crippen molar-refractivity contribution in [3.8, 4) is 5.75 Å². The molecule has 15 heavy (non-hydrogen) atoms. The summed E-state index contributed by atoms with van der Waals surface area (Å²) in [6.45, 7) is 6.06. The largest absolute Gasteiger partial charge is 0.503 e. The lowest BCUT2D eigenvalue weighted by Crippen LogP contribution is -2.16. The molecule has 1 rings (SSSR count). The summed E-state index contributed by atoms with van der Waals surface area (Å²) in [5.41, 5.74) is 0.980. The molecular weight excluding hydrogens is 194 g/mol. The standard InChI is InChI=1S/C11H17NO3/c1-5-15-8(3)10-11(14)9(13)6-7(2)12(10)4/h6,8,14H,5H2,1-4H3. The second kappa shape index (κ2) is 4.49. The van der Waals surface area contributed by atoms with Crippen LogP contribution >= 0.6 is 0 Å². The number of aryl methyl sites for hydroxylation is 1. The molecule has 0 amide bonds. The van der Waals surface area contributed by atoms with Crippen LogP contribution in [-0.2, 0) is 11.8 Å². The van der Waals surface area contributed by atoms with E-state index in [0.29, 0.717) is 12.3 Å². The molecule has 1 atom stereocenters. The van der Waals surface area contributed by atoms with Crippen LogP contribution in [0.1, 0.15) is 31.3 Å². The van der Waals surface area contributed by atoms with Gasteiger partial charge in [-0.15, -0.1) is 0 Å². The van der Waals surface area contributed by atoms with Crippen LogP contribution in [0.5, 0.6) is 5.75 Å². The molecule has 1 aromatic heterocycles. The van der Waals surface area contributed by atoms with Crippen LogP contribution in [0.15, 0.2) is 10.9 Å². The number of hydrogen-bond donors (Lipinski definition) is 1. The molecule has 0 spiro atoms. The van der Waals surface area contributed by atoms with Crippen molar-refractivity contribution in [1.29, 1.82) is 0 Å². The maximum Gasteiger partial charge on any atom is 0.223 e. The molecule has 4 nitrogen and oxygen atoms in total. The van der Waals surface area contributed by atoms with E-state index in [4.69, 9.17) is 4.74 Å². The van der Waals surface area contributed by atoms with Crippen LogP contribution < -0.4 is 5.43 Å². The van der Waals surface area contributed by atoms with Crippen molar-refractivity contribution in [2.45, 2.75) is 26.9 Å². The lowest BCUT2D eigenvalue weighted by molar-refractivity contribution is 0.0685. The highest BCUT2D eigenvalue weighted by Gasteiger charge is 2.17. The third-order valence-electron chi connectivity index (χ3n) is 2.51. The number of aromatic nitrogens is 1. The summed E-state index contributed by atoms with van der Waals surface area (Å²) in [6, 6.07) is 1.41. The molecule has 4 heteroatoms. The van der Waals surface area contributed by atoms with E-state index in [1.165, 1.54) is 6.07 Å². The molecule has 0 aromatic carbocycles. The summed E-state index contributed by atoms with van der Waals surface area (Å²) in [4.78, 5) is 11.4. The normalized spacial score (nSPS) is 12.8. The Hall–Kier alpha value is -1.29. The number of rotatable bonds is 3. The smallest absolute Gasteiger partial charge is 0.223 e. The van der Waals surface area contributed by atoms with E-state index in [9.17, 15) is 9.90 Å². The van der Waals surface area contributed by atoms with Gasteiger partial charge in [0.1, 0.15) is 0 Å². The molecule has 0 bridgehead atoms. The minimum absolute atomic E-state index is 0.218. The highest BCUT2D eigenvalue weighted by molar-refractivity contribution is 5.30. The summed E-state index contributed by atoms with van der Waals surface area (Å²) < 4.78 is 7.15. The van der Waals surface area contributed by atoms with Gasteiger partial charge >= 0.3 is 0 Å². The van der Waals surface area contributed by atoms with Crippen LogP contribution in [0.3, 0.4) is 0 Å². The first-order valence-electron chi connectivity index (χ1n) is 5.00. The van der Waals surface area contributed by atoms with Gasteiger partial charge < -0.3 is 14.4 Å². The summed E-state index contributed by atoms with van der Waals surface area (Å²) in [6.07, 6.45) is -0.285. The van der Waals surface area contributed by atoms with E-state index in [1.807, 2.05) is 20.8 Å². The molecule has 0 aliphatic rings. The van der Waals surface area contributed by atoms with Crippen molar-refractivity contribution in [3.05, 3.63) is 27.7 Å². The third-order valence-corrected chi connectivity index (χ3v) is 2.51. The molecule has 0 saturated heterocycles. The van der Waals surface area contributed by atoms with Gasteiger partial charge in [-0.05, 0) is 20.8 Å². The van der Waals surface area contributed by atoms with Crippen LogP contribution in [0.25, 0.3) is 0 Å². The number of pyridine rings is 1. The molecule has 0 aliphatic heterocycles. The maximum atomic E-state index is 11.4. The first kappa shape index (κ1) is 11.8. The average molecular weight is 211 g/mol. The first-order chi connectivity index (χ1) is 6.99. The Balaban J connectivity index is 3.32. The second-order valence-electron chi connectivity index (χ2n) is 3.54. The van der Waals surface area contributed by atoms with Gasteiger partial charge in [0, 0.05) is 25.4 Å². The molecule has 1 aromatic rings. The summed E-state index contributed by atoms with van der Waals surface area (Å²) >= 11 is 0. The molecule has 1 N–H and O–H groups in total. The first-order valence-corrected chi connectivity index (χ1v) is 5.00. The van der Waals surface area contributed by atoms with Gasteiger partial charge in [0.15, 0.2) is 5.75 Å². The fourth-order valence-electron chi connectivity index (χ4n) is 1.62. The van der Waals surface area contributed by atoms with Gasteiger partial charge in [-0.3, -0.25) is 4.79 Å². The highest BCUT2D eigenvalue weighted by atomic mass is 16.5. The lowest BCUT2D eigenvalue weighted by atomic mass is 10.2. The van der Waals surface area contributed by atoms with Crippen LogP contribution in [-0.4, -0.2) is 16.3 Å². The van der Waals surface area contributed by atoms with Crippen molar-refractivity contribution in [3.63, 3.8) is 0 Å². The molecule has 0 saturated carbocycles. The van der Waals surface area contributed by atoms with E-state index in [2.05, 4.69) is 0 Å². The Morgan fingerprint density at radius 2 is 2.20 bits per heavy atom. The van der Waals surface area contributed by atoms with Crippen molar-refractivity contribution in [1.82, 2.24) is 4.57 Å². The monoisotopic (exact) mass is 211 g/mol. The van der Waals surface area contributed by atoms with E-state index < -0.39 is 0 Å². The predicted octanol–water partition coefficient (Wildman–Crippen LogP) is 1.50. The van der Waals surface area contributed by atoms with E-state index >= 15 is 0 Å². The second-order valence-corrected chi connectivity index (χ2v) is 3.54. The zero-order valence-corrected chi connectivity index (χ0v) is 9.57. The van der Waals surface area contributed by atoms with Gasteiger partial charge in [-0.2, -0.15) is 0 Å². The molecular formula is C11H17NO3. The van der Waals surface area contributed by atoms with Crippen molar-refractivity contribution >= 4 is 0 Å². The van der Waals surface area contributed by atoms with E-state index in [1.54, 1.807) is 11.6 Å². The minimum Gasteiger partial charge on any atom is -0.503 e. The van der Waals surface area contributed by atoms with Gasteiger partial charge in [0.05, 0.1) is 11.8 Å². The molecule has 84 valence electrons. The Morgan fingerprint density at radius 3 is 2.73 bits per heavy atom. The Morgan fingerprint density at radius 1 is 1.60 bits per heavy atom. The number of ether oxygens (including phenoxy) is 1. The number of hydrogen-bond acceptors (Lipinski definition) is 3. The van der Waals surface area contributed by atoms with Gasteiger partial charge in [0.25, 0.3) is 0 Å². The van der Waals surface area contributed by atoms with Crippen molar-refractivity contribution < 1.29 is 9.84 Å². The Kier molecular flexibility index (Phi) is 3.52. The summed E-state index contributed by atoms with van der Waals surface area (Å²) in [7, 11) is 1.80. The lowest BCUT2D eigenvalue weighted by Gasteiger charge is -2.19. The number of nitrogens with zero attached hydrogens (tertiary/aromatic N) is 1.